The molecule has 1 heterocycles. The number of nitrogens with one attached hydrogen (secondary N) is 2. The van der Waals surface area contributed by atoms with Gasteiger partial charge in [0.15, 0.2) is 0 Å². The molecule has 5 nitrogen and oxygen atoms in total. The van der Waals surface area contributed by atoms with Crippen molar-refractivity contribution in [3.05, 3.63) is 102 Å². The number of carbonyl (C=O) groups is 1. The topological polar surface area (TPSA) is 61.0 Å². The zero-order chi connectivity index (χ0) is 21.6. The van der Waals surface area contributed by atoms with Crippen LogP contribution in [0.1, 0.15) is 21.5 Å². The molecule has 0 saturated carbocycles. The number of amides is 1. The SMILES string of the molecule is CN(C)Cc1ccc(-c2ccccc2CNC(=O)c2cn[nH]c2-c2ccccc2)cc1. The second-order valence-corrected chi connectivity index (χ2v) is 7.80. The minimum atomic E-state index is -0.149. The van der Waals surface area contributed by atoms with Crippen molar-refractivity contribution in [2.24, 2.45) is 0 Å². The van der Waals surface area contributed by atoms with Gasteiger partial charge in [-0.15, -0.1) is 0 Å². The van der Waals surface area contributed by atoms with Crippen molar-refractivity contribution in [1.29, 1.82) is 0 Å². The quantitative estimate of drug-likeness (QED) is 0.463. The van der Waals surface area contributed by atoms with E-state index >= 15 is 0 Å². The monoisotopic (exact) mass is 410 g/mol. The molecule has 2 N–H and O–H groups in total. The van der Waals surface area contributed by atoms with Gasteiger partial charge in [0, 0.05) is 18.7 Å². The number of carbonyl (C=O) groups excluding carboxylic acids is 1. The number of H-pyrrole nitrogens is 1. The third-order valence-corrected chi connectivity index (χ3v) is 5.17. The van der Waals surface area contributed by atoms with E-state index in [4.69, 9.17) is 0 Å². The largest absolute Gasteiger partial charge is 0.348 e. The number of aromatic amines is 1. The van der Waals surface area contributed by atoms with E-state index in [0.29, 0.717) is 12.1 Å². The molecule has 0 saturated heterocycles. The van der Waals surface area contributed by atoms with Crippen LogP contribution in [0.3, 0.4) is 0 Å². The summed E-state index contributed by atoms with van der Waals surface area (Å²) in [5.74, 6) is -0.149. The van der Waals surface area contributed by atoms with Crippen LogP contribution in [0.25, 0.3) is 22.4 Å². The van der Waals surface area contributed by atoms with Gasteiger partial charge in [-0.3, -0.25) is 9.89 Å². The molecule has 0 bridgehead atoms. The highest BCUT2D eigenvalue weighted by atomic mass is 16.1. The summed E-state index contributed by atoms with van der Waals surface area (Å²) in [5.41, 5.74) is 6.80. The van der Waals surface area contributed by atoms with E-state index < -0.39 is 0 Å². The second kappa shape index (κ2) is 9.41. The van der Waals surface area contributed by atoms with Crippen LogP contribution in [0.5, 0.6) is 0 Å². The lowest BCUT2D eigenvalue weighted by atomic mass is 9.98. The molecule has 31 heavy (non-hydrogen) atoms. The van der Waals surface area contributed by atoms with Gasteiger partial charge in [0.2, 0.25) is 0 Å². The van der Waals surface area contributed by atoms with Crippen LogP contribution < -0.4 is 5.32 Å². The van der Waals surface area contributed by atoms with Gasteiger partial charge in [0.1, 0.15) is 0 Å². The summed E-state index contributed by atoms with van der Waals surface area (Å²) >= 11 is 0. The molecule has 4 aromatic rings. The number of hydrogen-bond acceptors (Lipinski definition) is 3. The Balaban J connectivity index is 1.51. The van der Waals surface area contributed by atoms with E-state index in [1.165, 1.54) is 5.56 Å². The predicted molar refractivity (Wildman–Crippen MR) is 124 cm³/mol. The molecule has 0 atom stereocenters. The summed E-state index contributed by atoms with van der Waals surface area (Å²) in [4.78, 5) is 15.0. The Morgan fingerprint density at radius 2 is 1.61 bits per heavy atom. The molecular weight excluding hydrogens is 384 g/mol. The van der Waals surface area contributed by atoms with E-state index in [1.54, 1.807) is 6.20 Å². The zero-order valence-electron chi connectivity index (χ0n) is 17.8. The van der Waals surface area contributed by atoms with Crippen molar-refractivity contribution < 1.29 is 4.79 Å². The van der Waals surface area contributed by atoms with Gasteiger partial charge in [-0.2, -0.15) is 5.10 Å². The fourth-order valence-corrected chi connectivity index (χ4v) is 3.66. The standard InChI is InChI=1S/C26H26N4O/c1-30(2)18-19-12-14-20(15-13-19)23-11-7-6-10-22(23)16-27-26(31)24-17-28-29-25(24)21-8-4-3-5-9-21/h3-15,17H,16,18H2,1-2H3,(H,27,31)(H,28,29). The first-order chi connectivity index (χ1) is 15.1. The van der Waals surface area contributed by atoms with E-state index in [0.717, 1.165) is 34.5 Å². The number of nitrogens with zero attached hydrogens (tertiary/aromatic N) is 2. The highest BCUT2D eigenvalue weighted by molar-refractivity contribution is 5.99. The smallest absolute Gasteiger partial charge is 0.255 e. The highest BCUT2D eigenvalue weighted by Gasteiger charge is 2.15. The molecule has 0 spiro atoms. The van der Waals surface area contributed by atoms with Crippen molar-refractivity contribution in [3.8, 4) is 22.4 Å². The van der Waals surface area contributed by atoms with Crippen molar-refractivity contribution in [3.63, 3.8) is 0 Å². The van der Waals surface area contributed by atoms with E-state index in [2.05, 4.69) is 70.9 Å². The molecule has 0 fully saturated rings. The van der Waals surface area contributed by atoms with Crippen molar-refractivity contribution >= 4 is 5.91 Å². The fourth-order valence-electron chi connectivity index (χ4n) is 3.66. The van der Waals surface area contributed by atoms with Gasteiger partial charge < -0.3 is 10.2 Å². The van der Waals surface area contributed by atoms with Gasteiger partial charge in [-0.25, -0.2) is 0 Å². The third kappa shape index (κ3) is 4.90. The van der Waals surface area contributed by atoms with E-state index in [1.807, 2.05) is 42.5 Å². The Kier molecular flexibility index (Phi) is 6.24. The number of aromatic nitrogens is 2. The first-order valence-corrected chi connectivity index (χ1v) is 10.3. The average Bonchev–Trinajstić information content (AvgIpc) is 3.29. The summed E-state index contributed by atoms with van der Waals surface area (Å²) in [5, 5.41) is 10.1. The molecule has 1 aromatic heterocycles. The van der Waals surface area contributed by atoms with E-state index in [9.17, 15) is 4.79 Å². The maximum absolute atomic E-state index is 12.9. The normalized spacial score (nSPS) is 10.9. The van der Waals surface area contributed by atoms with Crippen LogP contribution in [0.4, 0.5) is 0 Å². The fraction of sp³-hybridized carbons (Fsp3) is 0.154. The number of benzene rings is 3. The molecule has 0 radical (unpaired) electrons. The Labute approximate surface area is 182 Å². The van der Waals surface area contributed by atoms with Crippen LogP contribution in [-0.2, 0) is 13.1 Å². The predicted octanol–water partition coefficient (Wildman–Crippen LogP) is 4.74. The molecule has 1 amide bonds. The van der Waals surface area contributed by atoms with Crippen LogP contribution >= 0.6 is 0 Å². The molecule has 5 heteroatoms. The van der Waals surface area contributed by atoms with Gasteiger partial charge in [-0.05, 0) is 36.3 Å². The summed E-state index contributed by atoms with van der Waals surface area (Å²) in [7, 11) is 4.13. The van der Waals surface area contributed by atoms with Gasteiger partial charge in [0.25, 0.3) is 5.91 Å². The minimum Gasteiger partial charge on any atom is -0.348 e. The second-order valence-electron chi connectivity index (χ2n) is 7.80. The third-order valence-electron chi connectivity index (χ3n) is 5.17. The van der Waals surface area contributed by atoms with Crippen LogP contribution in [0.2, 0.25) is 0 Å². The molecule has 0 unspecified atom stereocenters. The summed E-state index contributed by atoms with van der Waals surface area (Å²) in [6, 6.07) is 26.5. The minimum absolute atomic E-state index is 0.149. The molecule has 0 aliphatic rings. The number of hydrogen-bond donors (Lipinski definition) is 2. The Morgan fingerprint density at radius 1 is 0.903 bits per heavy atom. The molecular formula is C26H26N4O. The molecule has 0 aliphatic carbocycles. The maximum atomic E-state index is 12.9. The zero-order valence-corrected chi connectivity index (χ0v) is 17.8. The Hall–Kier alpha value is -3.70. The molecule has 156 valence electrons. The lowest BCUT2D eigenvalue weighted by Gasteiger charge is -2.13. The first kappa shape index (κ1) is 20.6. The summed E-state index contributed by atoms with van der Waals surface area (Å²) in [6.07, 6.45) is 1.58. The lowest BCUT2D eigenvalue weighted by Crippen LogP contribution is -2.23. The molecule has 0 aliphatic heterocycles. The van der Waals surface area contributed by atoms with Crippen LogP contribution in [0.15, 0.2) is 85.1 Å². The van der Waals surface area contributed by atoms with Crippen molar-refractivity contribution in [2.45, 2.75) is 13.1 Å². The van der Waals surface area contributed by atoms with E-state index in [-0.39, 0.29) is 5.91 Å². The molecule has 4 rings (SSSR count). The van der Waals surface area contributed by atoms with Gasteiger partial charge >= 0.3 is 0 Å². The highest BCUT2D eigenvalue weighted by Crippen LogP contribution is 2.25. The van der Waals surface area contributed by atoms with Crippen molar-refractivity contribution in [2.75, 3.05) is 14.1 Å². The lowest BCUT2D eigenvalue weighted by molar-refractivity contribution is 0.0951. The molecule has 3 aromatic carbocycles. The van der Waals surface area contributed by atoms with Crippen LogP contribution in [0, 0.1) is 0 Å². The first-order valence-electron chi connectivity index (χ1n) is 10.3. The Bertz CT molecular complexity index is 1150. The maximum Gasteiger partial charge on any atom is 0.255 e. The van der Waals surface area contributed by atoms with Crippen LogP contribution in [-0.4, -0.2) is 35.1 Å². The number of rotatable bonds is 7. The summed E-state index contributed by atoms with van der Waals surface area (Å²) in [6.45, 7) is 1.35. The van der Waals surface area contributed by atoms with Gasteiger partial charge in [0.05, 0.1) is 17.5 Å². The Morgan fingerprint density at radius 3 is 2.35 bits per heavy atom. The average molecular weight is 411 g/mol. The van der Waals surface area contributed by atoms with Crippen molar-refractivity contribution in [1.82, 2.24) is 20.4 Å². The summed E-state index contributed by atoms with van der Waals surface area (Å²) < 4.78 is 0. The van der Waals surface area contributed by atoms with Gasteiger partial charge in [-0.1, -0.05) is 78.9 Å².